The molecule has 1 saturated carbocycles. The fourth-order valence-corrected chi connectivity index (χ4v) is 2.48. The van der Waals surface area contributed by atoms with Gasteiger partial charge in [-0.25, -0.2) is 0 Å². The van der Waals surface area contributed by atoms with E-state index in [0.29, 0.717) is 12.6 Å². The normalized spacial score (nSPS) is 16.2. The molecule has 1 heterocycles. The first-order valence-electron chi connectivity index (χ1n) is 6.60. The number of hydrogen-bond donors (Lipinski definition) is 1. The van der Waals surface area contributed by atoms with Gasteiger partial charge in [-0.3, -0.25) is 9.82 Å². The zero-order chi connectivity index (χ0) is 13.0. The molecule has 0 saturated heterocycles. The van der Waals surface area contributed by atoms with Gasteiger partial charge in [0.1, 0.15) is 5.75 Å². The van der Waals surface area contributed by atoms with Gasteiger partial charge in [0.2, 0.25) is 0 Å². The molecule has 1 aromatic rings. The summed E-state index contributed by atoms with van der Waals surface area (Å²) in [6, 6.07) is 0. The fourth-order valence-electron chi connectivity index (χ4n) is 2.48. The van der Waals surface area contributed by atoms with Crippen molar-refractivity contribution < 1.29 is 9.57 Å². The van der Waals surface area contributed by atoms with Crippen LogP contribution in [-0.4, -0.2) is 18.2 Å². The van der Waals surface area contributed by atoms with Crippen LogP contribution in [-0.2, 0) is 11.4 Å². The van der Waals surface area contributed by atoms with Crippen LogP contribution in [0.4, 0.5) is 0 Å². The van der Waals surface area contributed by atoms with Crippen molar-refractivity contribution in [3.05, 3.63) is 23.0 Å². The number of nitrogens with one attached hydrogen (secondary N) is 1. The Morgan fingerprint density at radius 3 is 2.72 bits per heavy atom. The van der Waals surface area contributed by atoms with Gasteiger partial charge < -0.3 is 4.74 Å². The molecule has 0 aromatic carbocycles. The van der Waals surface area contributed by atoms with Gasteiger partial charge in [0.15, 0.2) is 0 Å². The molecule has 4 nitrogen and oxygen atoms in total. The van der Waals surface area contributed by atoms with E-state index in [-0.39, 0.29) is 0 Å². The Kier molecular flexibility index (Phi) is 4.55. The molecule has 1 aliphatic carbocycles. The molecule has 1 N–H and O–H groups in total. The van der Waals surface area contributed by atoms with Gasteiger partial charge in [0.25, 0.3) is 0 Å². The lowest BCUT2D eigenvalue weighted by molar-refractivity contribution is -0.0250. The average molecular weight is 250 g/mol. The molecule has 0 aliphatic heterocycles. The van der Waals surface area contributed by atoms with Crippen molar-refractivity contribution in [1.82, 2.24) is 10.5 Å². The lowest BCUT2D eigenvalue weighted by Gasteiger charge is -2.14. The Labute approximate surface area is 109 Å². The zero-order valence-electron chi connectivity index (χ0n) is 11.5. The Balaban J connectivity index is 1.92. The summed E-state index contributed by atoms with van der Waals surface area (Å²) in [7, 11) is 1.70. The highest BCUT2D eigenvalue weighted by atomic mass is 16.7. The van der Waals surface area contributed by atoms with Crippen molar-refractivity contribution in [1.29, 1.82) is 0 Å². The topological polar surface area (TPSA) is 43.4 Å². The van der Waals surface area contributed by atoms with Crippen molar-refractivity contribution in [2.24, 2.45) is 0 Å². The van der Waals surface area contributed by atoms with E-state index in [1.54, 1.807) is 7.11 Å². The minimum absolute atomic E-state index is 0.373. The second kappa shape index (κ2) is 6.16. The van der Waals surface area contributed by atoms with Crippen LogP contribution in [0.2, 0.25) is 0 Å². The summed E-state index contributed by atoms with van der Waals surface area (Å²) >= 11 is 0. The summed E-state index contributed by atoms with van der Waals surface area (Å²) in [5, 5.41) is 0. The van der Waals surface area contributed by atoms with E-state index in [0.717, 1.165) is 35.4 Å². The van der Waals surface area contributed by atoms with Gasteiger partial charge >= 0.3 is 0 Å². The van der Waals surface area contributed by atoms with Gasteiger partial charge in [-0.1, -0.05) is 12.8 Å². The third-order valence-corrected chi connectivity index (χ3v) is 3.54. The van der Waals surface area contributed by atoms with Gasteiger partial charge in [-0.15, -0.1) is 0 Å². The summed E-state index contributed by atoms with van der Waals surface area (Å²) in [6.45, 7) is 4.66. The lowest BCUT2D eigenvalue weighted by Crippen LogP contribution is -2.22. The van der Waals surface area contributed by atoms with Crippen LogP contribution >= 0.6 is 0 Å². The van der Waals surface area contributed by atoms with Crippen LogP contribution in [0.25, 0.3) is 0 Å². The van der Waals surface area contributed by atoms with Gasteiger partial charge in [-0.2, -0.15) is 5.48 Å². The first-order chi connectivity index (χ1) is 8.72. The van der Waals surface area contributed by atoms with Crippen molar-refractivity contribution in [2.45, 2.75) is 52.2 Å². The number of hydroxylamine groups is 1. The number of nitrogens with zero attached hydrogens (tertiary/aromatic N) is 1. The number of hydrogen-bond acceptors (Lipinski definition) is 4. The van der Waals surface area contributed by atoms with Gasteiger partial charge in [0, 0.05) is 17.3 Å². The Hall–Kier alpha value is -1.13. The summed E-state index contributed by atoms with van der Waals surface area (Å²) in [4.78, 5) is 10.1. The quantitative estimate of drug-likeness (QED) is 0.816. The average Bonchev–Trinajstić information content (AvgIpc) is 2.86. The maximum atomic E-state index is 5.63. The molecule has 4 heteroatoms. The fraction of sp³-hybridized carbons (Fsp3) is 0.643. The third kappa shape index (κ3) is 3.00. The minimum Gasteiger partial charge on any atom is -0.496 e. The van der Waals surface area contributed by atoms with Crippen molar-refractivity contribution in [3.63, 3.8) is 0 Å². The van der Waals surface area contributed by atoms with Crippen LogP contribution in [0, 0.1) is 13.8 Å². The third-order valence-electron chi connectivity index (χ3n) is 3.54. The van der Waals surface area contributed by atoms with E-state index in [2.05, 4.69) is 10.5 Å². The van der Waals surface area contributed by atoms with Crippen LogP contribution in [0.1, 0.15) is 42.5 Å². The highest BCUT2D eigenvalue weighted by molar-refractivity contribution is 5.40. The van der Waals surface area contributed by atoms with Crippen LogP contribution in [0.15, 0.2) is 6.20 Å². The van der Waals surface area contributed by atoms with E-state index in [1.807, 2.05) is 20.0 Å². The largest absolute Gasteiger partial charge is 0.496 e. The van der Waals surface area contributed by atoms with E-state index >= 15 is 0 Å². The second-order valence-corrected chi connectivity index (χ2v) is 4.89. The molecule has 0 unspecified atom stereocenters. The Morgan fingerprint density at radius 1 is 1.33 bits per heavy atom. The standard InChI is InChI=1S/C14H22N2O2/c1-10-8-15-13(11(2)14(10)17-3)9-16-18-12-6-4-5-7-12/h8,12,16H,4-7,9H2,1-3H3. The minimum atomic E-state index is 0.373. The Morgan fingerprint density at radius 2 is 2.06 bits per heavy atom. The van der Waals surface area contributed by atoms with Crippen molar-refractivity contribution in [2.75, 3.05) is 7.11 Å². The molecule has 100 valence electrons. The second-order valence-electron chi connectivity index (χ2n) is 4.89. The maximum absolute atomic E-state index is 5.63. The first kappa shape index (κ1) is 13.3. The molecule has 1 aliphatic rings. The number of ether oxygens (including phenoxy) is 1. The summed E-state index contributed by atoms with van der Waals surface area (Å²) < 4.78 is 5.39. The number of aryl methyl sites for hydroxylation is 1. The first-order valence-corrected chi connectivity index (χ1v) is 6.60. The predicted octanol–water partition coefficient (Wildman–Crippen LogP) is 2.67. The smallest absolute Gasteiger partial charge is 0.128 e. The molecule has 18 heavy (non-hydrogen) atoms. The van der Waals surface area contributed by atoms with Crippen molar-refractivity contribution >= 4 is 0 Å². The van der Waals surface area contributed by atoms with Crippen LogP contribution < -0.4 is 10.2 Å². The molecule has 0 bridgehead atoms. The summed E-state index contributed by atoms with van der Waals surface area (Å²) in [6.07, 6.45) is 7.10. The molecule has 0 amide bonds. The maximum Gasteiger partial charge on any atom is 0.128 e. The summed E-state index contributed by atoms with van der Waals surface area (Å²) in [5.41, 5.74) is 6.17. The van der Waals surface area contributed by atoms with E-state index in [1.165, 1.54) is 12.8 Å². The van der Waals surface area contributed by atoms with E-state index in [4.69, 9.17) is 9.57 Å². The van der Waals surface area contributed by atoms with E-state index in [9.17, 15) is 0 Å². The van der Waals surface area contributed by atoms with Gasteiger partial charge in [0.05, 0.1) is 25.5 Å². The molecule has 1 aromatic heterocycles. The van der Waals surface area contributed by atoms with Gasteiger partial charge in [-0.05, 0) is 26.7 Å². The monoisotopic (exact) mass is 250 g/mol. The summed E-state index contributed by atoms with van der Waals surface area (Å²) in [5.74, 6) is 0.919. The number of pyridine rings is 1. The SMILES string of the molecule is COc1c(C)cnc(CNOC2CCCC2)c1C. The van der Waals surface area contributed by atoms with E-state index < -0.39 is 0 Å². The van der Waals surface area contributed by atoms with Crippen LogP contribution in [0.3, 0.4) is 0 Å². The zero-order valence-corrected chi connectivity index (χ0v) is 11.5. The Bertz CT molecular complexity index is 401. The molecule has 0 radical (unpaired) electrons. The molecular formula is C14H22N2O2. The molecule has 1 fully saturated rings. The highest BCUT2D eigenvalue weighted by Gasteiger charge is 2.16. The molecule has 2 rings (SSSR count). The number of aromatic nitrogens is 1. The molecule has 0 atom stereocenters. The molecule has 0 spiro atoms. The molecular weight excluding hydrogens is 228 g/mol. The highest BCUT2D eigenvalue weighted by Crippen LogP contribution is 2.24. The predicted molar refractivity (Wildman–Crippen MR) is 70.4 cm³/mol. The van der Waals surface area contributed by atoms with Crippen molar-refractivity contribution in [3.8, 4) is 5.75 Å². The lowest BCUT2D eigenvalue weighted by atomic mass is 10.1. The number of methoxy groups -OCH3 is 1. The van der Waals surface area contributed by atoms with Crippen LogP contribution in [0.5, 0.6) is 5.75 Å². The number of rotatable bonds is 5.